The maximum absolute atomic E-state index is 11.4. The predicted molar refractivity (Wildman–Crippen MR) is 63.2 cm³/mol. The number of nitrogens with zero attached hydrogens (tertiary/aromatic N) is 1. The minimum absolute atomic E-state index is 0. The van der Waals surface area contributed by atoms with Gasteiger partial charge in [0, 0.05) is 23.7 Å². The molecule has 1 fully saturated rings. The van der Waals surface area contributed by atoms with E-state index in [9.17, 15) is 4.79 Å². The Labute approximate surface area is 98.9 Å². The van der Waals surface area contributed by atoms with Gasteiger partial charge in [0.15, 0.2) is 0 Å². The quantitative estimate of drug-likeness (QED) is 0.797. The second-order valence-corrected chi connectivity index (χ2v) is 3.82. The SMILES string of the molecule is Cl.O=c1[nH]c(NC2CC2)ncc1CCCl. The zero-order valence-corrected chi connectivity index (χ0v) is 9.70. The molecule has 1 aromatic heterocycles. The first kappa shape index (κ1) is 12.3. The van der Waals surface area contributed by atoms with Gasteiger partial charge in [-0.15, -0.1) is 24.0 Å². The monoisotopic (exact) mass is 249 g/mol. The van der Waals surface area contributed by atoms with Crippen molar-refractivity contribution in [1.29, 1.82) is 0 Å². The summed E-state index contributed by atoms with van der Waals surface area (Å²) >= 11 is 5.55. The van der Waals surface area contributed by atoms with Crippen LogP contribution in [0.2, 0.25) is 0 Å². The third-order valence-corrected chi connectivity index (χ3v) is 2.34. The molecule has 0 radical (unpaired) electrons. The Hall–Kier alpha value is -0.740. The van der Waals surface area contributed by atoms with Crippen LogP contribution in [0.25, 0.3) is 0 Å². The number of aryl methyl sites for hydroxylation is 1. The second kappa shape index (κ2) is 5.37. The van der Waals surface area contributed by atoms with Gasteiger partial charge in [0.1, 0.15) is 0 Å². The van der Waals surface area contributed by atoms with Gasteiger partial charge in [0.25, 0.3) is 5.56 Å². The highest BCUT2D eigenvalue weighted by atomic mass is 35.5. The largest absolute Gasteiger partial charge is 0.353 e. The van der Waals surface area contributed by atoms with Crippen LogP contribution in [0.5, 0.6) is 0 Å². The summed E-state index contributed by atoms with van der Waals surface area (Å²) in [5.74, 6) is 1.01. The minimum atomic E-state index is -0.0937. The predicted octanol–water partition coefficient (Wildman–Crippen LogP) is 1.55. The third kappa shape index (κ3) is 3.39. The van der Waals surface area contributed by atoms with Gasteiger partial charge < -0.3 is 5.32 Å². The number of rotatable bonds is 4. The topological polar surface area (TPSA) is 57.8 Å². The van der Waals surface area contributed by atoms with E-state index >= 15 is 0 Å². The van der Waals surface area contributed by atoms with E-state index in [0.717, 1.165) is 12.8 Å². The molecule has 1 aromatic rings. The van der Waals surface area contributed by atoms with E-state index in [2.05, 4.69) is 15.3 Å². The average molecular weight is 250 g/mol. The van der Waals surface area contributed by atoms with Crippen molar-refractivity contribution in [3.63, 3.8) is 0 Å². The summed E-state index contributed by atoms with van der Waals surface area (Å²) in [6.07, 6.45) is 4.47. The second-order valence-electron chi connectivity index (χ2n) is 3.44. The lowest BCUT2D eigenvalue weighted by molar-refractivity contribution is 0.980. The van der Waals surface area contributed by atoms with Crippen LogP contribution in [0.3, 0.4) is 0 Å². The number of hydrogen-bond donors (Lipinski definition) is 2. The number of aromatic amines is 1. The van der Waals surface area contributed by atoms with Crippen LogP contribution < -0.4 is 10.9 Å². The van der Waals surface area contributed by atoms with Gasteiger partial charge in [-0.25, -0.2) is 4.98 Å². The fourth-order valence-electron chi connectivity index (χ4n) is 1.20. The highest BCUT2D eigenvalue weighted by Crippen LogP contribution is 2.22. The molecular weight excluding hydrogens is 237 g/mol. The average Bonchev–Trinajstić information content (AvgIpc) is 2.94. The standard InChI is InChI=1S/C9H12ClN3O.ClH/c10-4-3-6-5-11-9(13-8(6)14)12-7-1-2-7;/h5,7H,1-4H2,(H2,11,12,13,14);1H. The first-order valence-corrected chi connectivity index (χ1v) is 5.24. The van der Waals surface area contributed by atoms with Crippen molar-refractivity contribution in [1.82, 2.24) is 9.97 Å². The van der Waals surface area contributed by atoms with Gasteiger partial charge in [-0.3, -0.25) is 9.78 Å². The Bertz CT molecular complexity index is 376. The number of hydrogen-bond acceptors (Lipinski definition) is 3. The van der Waals surface area contributed by atoms with Gasteiger partial charge in [-0.2, -0.15) is 0 Å². The summed E-state index contributed by atoms with van der Waals surface area (Å²) in [5, 5.41) is 3.13. The van der Waals surface area contributed by atoms with Gasteiger partial charge in [-0.05, 0) is 19.3 Å². The molecule has 0 bridgehead atoms. The molecule has 84 valence electrons. The molecule has 0 amide bonds. The summed E-state index contributed by atoms with van der Waals surface area (Å²) in [7, 11) is 0. The van der Waals surface area contributed by atoms with Crippen LogP contribution in [0.1, 0.15) is 18.4 Å². The van der Waals surface area contributed by atoms with Crippen molar-refractivity contribution in [2.24, 2.45) is 0 Å². The van der Waals surface area contributed by atoms with Gasteiger partial charge >= 0.3 is 0 Å². The molecule has 15 heavy (non-hydrogen) atoms. The number of anilines is 1. The lowest BCUT2D eigenvalue weighted by atomic mass is 10.3. The van der Waals surface area contributed by atoms with Crippen LogP contribution in [-0.2, 0) is 6.42 Å². The van der Waals surface area contributed by atoms with Crippen LogP contribution in [0.15, 0.2) is 11.0 Å². The maximum Gasteiger partial charge on any atom is 0.255 e. The van der Waals surface area contributed by atoms with Crippen molar-refractivity contribution in [3.05, 3.63) is 22.1 Å². The molecule has 6 heteroatoms. The lowest BCUT2D eigenvalue weighted by Crippen LogP contribution is -2.17. The van der Waals surface area contributed by atoms with E-state index in [0.29, 0.717) is 29.9 Å². The van der Waals surface area contributed by atoms with Gasteiger partial charge in [0.2, 0.25) is 5.95 Å². The Balaban J connectivity index is 0.00000112. The van der Waals surface area contributed by atoms with Crippen molar-refractivity contribution in [3.8, 4) is 0 Å². The number of nitrogens with one attached hydrogen (secondary N) is 2. The van der Waals surface area contributed by atoms with E-state index in [1.807, 2.05) is 0 Å². The zero-order valence-electron chi connectivity index (χ0n) is 8.12. The molecule has 0 spiro atoms. The lowest BCUT2D eigenvalue weighted by Gasteiger charge is -2.03. The molecule has 2 rings (SSSR count). The van der Waals surface area contributed by atoms with E-state index in [1.165, 1.54) is 0 Å². The Morgan fingerprint density at radius 2 is 2.33 bits per heavy atom. The van der Waals surface area contributed by atoms with Gasteiger partial charge in [-0.1, -0.05) is 0 Å². The summed E-state index contributed by atoms with van der Waals surface area (Å²) in [4.78, 5) is 18.2. The molecule has 0 aromatic carbocycles. The third-order valence-electron chi connectivity index (χ3n) is 2.16. The van der Waals surface area contributed by atoms with E-state index in [4.69, 9.17) is 11.6 Å². The molecule has 0 saturated heterocycles. The van der Waals surface area contributed by atoms with E-state index < -0.39 is 0 Å². The minimum Gasteiger partial charge on any atom is -0.353 e. The molecule has 0 aliphatic heterocycles. The van der Waals surface area contributed by atoms with Crippen LogP contribution in [0, 0.1) is 0 Å². The molecule has 4 nitrogen and oxygen atoms in total. The van der Waals surface area contributed by atoms with Crippen LogP contribution in [-0.4, -0.2) is 21.9 Å². The number of alkyl halides is 1. The van der Waals surface area contributed by atoms with Crippen LogP contribution in [0.4, 0.5) is 5.95 Å². The van der Waals surface area contributed by atoms with Gasteiger partial charge in [0.05, 0.1) is 0 Å². The summed E-state index contributed by atoms with van der Waals surface area (Å²) < 4.78 is 0. The first-order valence-electron chi connectivity index (χ1n) is 4.70. The van der Waals surface area contributed by atoms with E-state index in [-0.39, 0.29) is 18.0 Å². The molecule has 2 N–H and O–H groups in total. The fraction of sp³-hybridized carbons (Fsp3) is 0.556. The molecule has 0 unspecified atom stereocenters. The number of halogens is 2. The van der Waals surface area contributed by atoms with Crippen molar-refractivity contribution in [2.45, 2.75) is 25.3 Å². The molecular formula is C9H13Cl2N3O. The van der Waals surface area contributed by atoms with Crippen molar-refractivity contribution >= 4 is 30.0 Å². The van der Waals surface area contributed by atoms with E-state index in [1.54, 1.807) is 6.20 Å². The molecule has 0 atom stereocenters. The molecule has 1 aliphatic carbocycles. The normalized spacial score (nSPS) is 14.5. The summed E-state index contributed by atoms with van der Waals surface area (Å²) in [5.41, 5.74) is 0.546. The Morgan fingerprint density at radius 3 is 2.87 bits per heavy atom. The maximum atomic E-state index is 11.4. The smallest absolute Gasteiger partial charge is 0.255 e. The Kier molecular flexibility index (Phi) is 4.42. The molecule has 1 saturated carbocycles. The Morgan fingerprint density at radius 1 is 1.60 bits per heavy atom. The van der Waals surface area contributed by atoms with Crippen molar-refractivity contribution < 1.29 is 0 Å². The highest BCUT2D eigenvalue weighted by Gasteiger charge is 2.21. The zero-order chi connectivity index (χ0) is 9.97. The number of aromatic nitrogens is 2. The molecule has 1 aliphatic rings. The molecule has 1 heterocycles. The van der Waals surface area contributed by atoms with Crippen molar-refractivity contribution in [2.75, 3.05) is 11.2 Å². The first-order chi connectivity index (χ1) is 6.79. The highest BCUT2D eigenvalue weighted by molar-refractivity contribution is 6.17. The summed E-state index contributed by atoms with van der Waals surface area (Å²) in [6.45, 7) is 0. The number of H-pyrrole nitrogens is 1. The fourth-order valence-corrected chi connectivity index (χ4v) is 1.40. The van der Waals surface area contributed by atoms with Crippen LogP contribution >= 0.6 is 24.0 Å². The summed E-state index contributed by atoms with van der Waals surface area (Å²) in [6, 6.07) is 0.497.